The van der Waals surface area contributed by atoms with Crippen molar-refractivity contribution in [1.29, 1.82) is 0 Å². The zero-order valence-electron chi connectivity index (χ0n) is 19.0. The molecule has 1 aromatic carbocycles. The molecular formula is C25H31FN6O. The van der Waals surface area contributed by atoms with Gasteiger partial charge in [-0.3, -0.25) is 4.90 Å². The summed E-state index contributed by atoms with van der Waals surface area (Å²) < 4.78 is 21.4. The fourth-order valence-corrected chi connectivity index (χ4v) is 4.69. The number of piperazine rings is 1. The van der Waals surface area contributed by atoms with E-state index in [9.17, 15) is 4.39 Å². The molecule has 0 saturated carbocycles. The first-order valence-corrected chi connectivity index (χ1v) is 11.8. The summed E-state index contributed by atoms with van der Waals surface area (Å²) in [5, 5.41) is 8.35. The largest absolute Gasteiger partial charge is 0.490 e. The van der Waals surface area contributed by atoms with Gasteiger partial charge in [0.1, 0.15) is 23.4 Å². The lowest BCUT2D eigenvalue weighted by atomic mass is 10.1. The highest BCUT2D eigenvalue weighted by Crippen LogP contribution is 2.26. The Hall–Kier alpha value is -2.97. The van der Waals surface area contributed by atoms with Crippen LogP contribution >= 0.6 is 0 Å². The molecule has 174 valence electrons. The summed E-state index contributed by atoms with van der Waals surface area (Å²) in [6.45, 7) is 7.84. The lowest BCUT2D eigenvalue weighted by molar-refractivity contribution is 0.170. The number of anilines is 1. The molecule has 7 nitrogen and oxygen atoms in total. The monoisotopic (exact) mass is 450 g/mol. The van der Waals surface area contributed by atoms with Crippen LogP contribution in [0.1, 0.15) is 25.5 Å². The van der Waals surface area contributed by atoms with Gasteiger partial charge in [-0.05, 0) is 37.3 Å². The number of benzene rings is 1. The fraction of sp³-hybridized carbons (Fsp3) is 0.440. The Balaban J connectivity index is 1.24. The van der Waals surface area contributed by atoms with Gasteiger partial charge in [0.25, 0.3) is 0 Å². The van der Waals surface area contributed by atoms with Gasteiger partial charge in [-0.1, -0.05) is 6.07 Å². The minimum Gasteiger partial charge on any atom is -0.490 e. The Bertz CT molecular complexity index is 1060. The first-order valence-electron chi connectivity index (χ1n) is 11.8. The van der Waals surface area contributed by atoms with Crippen LogP contribution in [0.5, 0.6) is 5.75 Å². The Morgan fingerprint density at radius 3 is 2.82 bits per heavy atom. The third kappa shape index (κ3) is 5.34. The number of piperidine rings is 1. The molecule has 4 heterocycles. The molecular weight excluding hydrogens is 419 g/mol. The van der Waals surface area contributed by atoms with Crippen molar-refractivity contribution >= 4 is 5.82 Å². The van der Waals surface area contributed by atoms with E-state index in [1.165, 1.54) is 12.1 Å². The van der Waals surface area contributed by atoms with Crippen molar-refractivity contribution in [2.24, 2.45) is 0 Å². The van der Waals surface area contributed by atoms with E-state index in [2.05, 4.69) is 34.2 Å². The van der Waals surface area contributed by atoms with Gasteiger partial charge in [-0.15, -0.1) is 0 Å². The third-order valence-corrected chi connectivity index (χ3v) is 6.34. The fourth-order valence-electron chi connectivity index (χ4n) is 4.69. The molecule has 2 aliphatic rings. The van der Waals surface area contributed by atoms with E-state index in [4.69, 9.17) is 14.8 Å². The molecule has 8 heteroatoms. The van der Waals surface area contributed by atoms with Crippen LogP contribution in [-0.4, -0.2) is 64.5 Å². The van der Waals surface area contributed by atoms with Gasteiger partial charge >= 0.3 is 0 Å². The van der Waals surface area contributed by atoms with Gasteiger partial charge in [0, 0.05) is 76.6 Å². The molecule has 33 heavy (non-hydrogen) atoms. The molecule has 2 aromatic heterocycles. The third-order valence-electron chi connectivity index (χ3n) is 6.34. The van der Waals surface area contributed by atoms with E-state index < -0.39 is 0 Å². The van der Waals surface area contributed by atoms with Crippen molar-refractivity contribution in [3.63, 3.8) is 0 Å². The highest BCUT2D eigenvalue weighted by Gasteiger charge is 2.24. The summed E-state index contributed by atoms with van der Waals surface area (Å²) in [4.78, 5) is 9.43. The lowest BCUT2D eigenvalue weighted by Gasteiger charge is -2.33. The standard InChI is InChI=1S/C25H31FN6O/c1-19-17-30(15-11-27-19)18-21-7-14-32(29-21)24-6-3-10-28-25(24)31-12-8-22(9-13-31)33-23-5-2-4-20(26)16-23/h2-7,10,14,16,19,22,27H,8-9,11-13,15,17-18H2,1H3/t19-/m0/s1. The van der Waals surface area contributed by atoms with Gasteiger partial charge in [-0.25, -0.2) is 14.1 Å². The van der Waals surface area contributed by atoms with Crippen LogP contribution < -0.4 is 15.0 Å². The number of rotatable bonds is 6. The number of nitrogens with zero attached hydrogens (tertiary/aromatic N) is 5. The molecule has 0 spiro atoms. The molecule has 2 saturated heterocycles. The molecule has 0 unspecified atom stereocenters. The van der Waals surface area contributed by atoms with E-state index in [1.54, 1.807) is 6.07 Å². The molecule has 0 aliphatic carbocycles. The van der Waals surface area contributed by atoms with Crippen LogP contribution in [0.2, 0.25) is 0 Å². The zero-order valence-corrected chi connectivity index (χ0v) is 19.0. The molecule has 1 N–H and O–H groups in total. The molecule has 2 fully saturated rings. The van der Waals surface area contributed by atoms with Crippen LogP contribution in [0.3, 0.4) is 0 Å². The van der Waals surface area contributed by atoms with Gasteiger partial charge in [0.2, 0.25) is 0 Å². The maximum atomic E-state index is 13.5. The summed E-state index contributed by atoms with van der Waals surface area (Å²) in [7, 11) is 0. The zero-order chi connectivity index (χ0) is 22.6. The predicted octanol–water partition coefficient (Wildman–Crippen LogP) is 3.25. The van der Waals surface area contributed by atoms with Crippen molar-refractivity contribution in [2.75, 3.05) is 37.6 Å². The number of pyridine rings is 1. The number of nitrogens with one attached hydrogen (secondary N) is 1. The Labute approximate surface area is 194 Å². The lowest BCUT2D eigenvalue weighted by Crippen LogP contribution is -2.48. The number of ether oxygens (including phenoxy) is 1. The van der Waals surface area contributed by atoms with Crippen molar-refractivity contribution in [3.05, 3.63) is 66.4 Å². The molecule has 5 rings (SSSR count). The number of hydrogen-bond donors (Lipinski definition) is 1. The quantitative estimate of drug-likeness (QED) is 0.622. The Morgan fingerprint density at radius 1 is 1.12 bits per heavy atom. The normalized spacial score (nSPS) is 20.2. The second-order valence-corrected chi connectivity index (χ2v) is 8.95. The molecule has 3 aromatic rings. The van der Waals surface area contributed by atoms with Crippen molar-refractivity contribution < 1.29 is 9.13 Å². The molecule has 1 atom stereocenters. The first-order chi connectivity index (χ1) is 16.1. The summed E-state index contributed by atoms with van der Waals surface area (Å²) in [5.41, 5.74) is 2.06. The van der Waals surface area contributed by atoms with E-state index in [0.717, 1.165) is 69.3 Å². The summed E-state index contributed by atoms with van der Waals surface area (Å²) in [6, 6.07) is 13.0. The van der Waals surface area contributed by atoms with E-state index in [-0.39, 0.29) is 11.9 Å². The van der Waals surface area contributed by atoms with Crippen LogP contribution in [0.15, 0.2) is 54.9 Å². The maximum Gasteiger partial charge on any atom is 0.154 e. The average molecular weight is 451 g/mol. The minimum absolute atomic E-state index is 0.0768. The van der Waals surface area contributed by atoms with Crippen LogP contribution in [0.25, 0.3) is 5.69 Å². The molecule has 2 aliphatic heterocycles. The number of hydrogen-bond acceptors (Lipinski definition) is 6. The van der Waals surface area contributed by atoms with Crippen molar-refractivity contribution in [2.45, 2.75) is 38.5 Å². The van der Waals surface area contributed by atoms with Crippen LogP contribution in [0.4, 0.5) is 10.2 Å². The highest BCUT2D eigenvalue weighted by molar-refractivity contribution is 5.57. The summed E-state index contributed by atoms with van der Waals surface area (Å²) >= 11 is 0. The van der Waals surface area contributed by atoms with E-state index in [1.807, 2.05) is 29.2 Å². The summed E-state index contributed by atoms with van der Waals surface area (Å²) in [6.07, 6.45) is 5.66. The van der Waals surface area contributed by atoms with Gasteiger partial charge in [0.15, 0.2) is 5.82 Å². The Kier molecular flexibility index (Phi) is 6.55. The smallest absolute Gasteiger partial charge is 0.154 e. The predicted molar refractivity (Wildman–Crippen MR) is 126 cm³/mol. The highest BCUT2D eigenvalue weighted by atomic mass is 19.1. The SMILES string of the molecule is C[C@H]1CN(Cc2ccn(-c3cccnc3N3CCC(Oc4cccc(F)c4)CC3)n2)CCN1. The average Bonchev–Trinajstić information content (AvgIpc) is 3.28. The second kappa shape index (κ2) is 9.89. The summed E-state index contributed by atoms with van der Waals surface area (Å²) in [5.74, 6) is 1.26. The number of aromatic nitrogens is 3. The van der Waals surface area contributed by atoms with Crippen molar-refractivity contribution in [1.82, 2.24) is 25.0 Å². The molecule has 0 bridgehead atoms. The van der Waals surface area contributed by atoms with Crippen molar-refractivity contribution in [3.8, 4) is 11.4 Å². The topological polar surface area (TPSA) is 58.5 Å². The minimum atomic E-state index is -0.270. The van der Waals surface area contributed by atoms with E-state index >= 15 is 0 Å². The maximum absolute atomic E-state index is 13.5. The van der Waals surface area contributed by atoms with Crippen LogP contribution in [-0.2, 0) is 6.54 Å². The van der Waals surface area contributed by atoms with Crippen LogP contribution in [0, 0.1) is 5.82 Å². The van der Waals surface area contributed by atoms with Gasteiger partial charge in [0.05, 0.1) is 5.69 Å². The van der Waals surface area contributed by atoms with Gasteiger partial charge < -0.3 is 15.0 Å². The molecule has 0 amide bonds. The second-order valence-electron chi connectivity index (χ2n) is 8.95. The number of halogens is 1. The van der Waals surface area contributed by atoms with Gasteiger partial charge in [-0.2, -0.15) is 5.10 Å². The first kappa shape index (κ1) is 21.9. The Morgan fingerprint density at radius 2 is 2.00 bits per heavy atom. The molecule has 0 radical (unpaired) electrons. The van der Waals surface area contributed by atoms with E-state index in [0.29, 0.717) is 11.8 Å².